The first-order valence-corrected chi connectivity index (χ1v) is 4.57. The second-order valence-electron chi connectivity index (χ2n) is 3.20. The highest BCUT2D eigenvalue weighted by Crippen LogP contribution is 2.19. The van der Waals surface area contributed by atoms with E-state index in [1.807, 2.05) is 0 Å². The summed E-state index contributed by atoms with van der Waals surface area (Å²) in [7, 11) is 1.47. The Morgan fingerprint density at radius 2 is 2.08 bits per heavy atom. The van der Waals surface area contributed by atoms with Gasteiger partial charge in [0.2, 0.25) is 0 Å². The van der Waals surface area contributed by atoms with Crippen LogP contribution >= 0.6 is 0 Å². The lowest BCUT2D eigenvalue weighted by atomic mass is 9.94. The van der Waals surface area contributed by atoms with Crippen LogP contribution in [0.1, 0.15) is 32.1 Å². The van der Waals surface area contributed by atoms with Crippen molar-refractivity contribution in [2.75, 3.05) is 7.11 Å². The van der Waals surface area contributed by atoms with Gasteiger partial charge in [0.1, 0.15) is 0 Å². The second-order valence-corrected chi connectivity index (χ2v) is 3.20. The van der Waals surface area contributed by atoms with Gasteiger partial charge < -0.3 is 4.74 Å². The first kappa shape index (κ1) is 9.30. The molecule has 2 heteroatoms. The summed E-state index contributed by atoms with van der Waals surface area (Å²) >= 11 is 0. The molecular weight excluding hydrogens is 152 g/mol. The van der Waals surface area contributed by atoms with Crippen molar-refractivity contribution in [1.82, 2.24) is 0 Å². The largest absolute Gasteiger partial charge is 0.469 e. The summed E-state index contributed by atoms with van der Waals surface area (Å²) in [5.41, 5.74) is 0. The van der Waals surface area contributed by atoms with Gasteiger partial charge in [-0.25, -0.2) is 0 Å². The van der Waals surface area contributed by atoms with Gasteiger partial charge in [-0.15, -0.1) is 0 Å². The Balaban J connectivity index is 2.42. The topological polar surface area (TPSA) is 26.3 Å². The normalized spacial score (nSPS) is 26.9. The molecule has 0 aliphatic heterocycles. The SMILES string of the molecule is COC(=O)[C@@H]1CC/C=C/CCC1. The van der Waals surface area contributed by atoms with Crippen molar-refractivity contribution in [3.05, 3.63) is 12.2 Å². The quantitative estimate of drug-likeness (QED) is 0.443. The van der Waals surface area contributed by atoms with Gasteiger partial charge in [0.25, 0.3) is 0 Å². The molecule has 0 heterocycles. The second kappa shape index (κ2) is 4.96. The zero-order valence-corrected chi connectivity index (χ0v) is 7.58. The lowest BCUT2D eigenvalue weighted by Gasteiger charge is -2.14. The maximum atomic E-state index is 11.2. The fourth-order valence-corrected chi connectivity index (χ4v) is 1.56. The molecule has 0 aromatic carbocycles. The summed E-state index contributed by atoms with van der Waals surface area (Å²) in [6.07, 6.45) is 9.52. The lowest BCUT2D eigenvalue weighted by Crippen LogP contribution is -2.16. The van der Waals surface area contributed by atoms with Gasteiger partial charge in [0, 0.05) is 0 Å². The fourth-order valence-electron chi connectivity index (χ4n) is 1.56. The summed E-state index contributed by atoms with van der Waals surface area (Å²) in [6, 6.07) is 0. The molecule has 1 aliphatic rings. The molecule has 1 rings (SSSR count). The third-order valence-electron chi connectivity index (χ3n) is 2.31. The summed E-state index contributed by atoms with van der Waals surface area (Å²) in [5, 5.41) is 0. The van der Waals surface area contributed by atoms with Gasteiger partial charge >= 0.3 is 5.97 Å². The zero-order chi connectivity index (χ0) is 8.81. The fraction of sp³-hybridized carbons (Fsp3) is 0.700. The average Bonchev–Trinajstić information content (AvgIpc) is 2.02. The highest BCUT2D eigenvalue weighted by molar-refractivity contribution is 5.72. The molecule has 0 saturated carbocycles. The minimum Gasteiger partial charge on any atom is -0.469 e. The molecule has 12 heavy (non-hydrogen) atoms. The minimum atomic E-state index is -0.0368. The van der Waals surface area contributed by atoms with E-state index in [-0.39, 0.29) is 11.9 Å². The molecule has 0 amide bonds. The molecule has 0 aromatic rings. The average molecular weight is 168 g/mol. The first-order valence-electron chi connectivity index (χ1n) is 4.57. The maximum Gasteiger partial charge on any atom is 0.308 e. The number of carbonyl (C=O) groups excluding carboxylic acids is 1. The number of rotatable bonds is 1. The maximum absolute atomic E-state index is 11.2. The van der Waals surface area contributed by atoms with E-state index in [0.29, 0.717) is 0 Å². The van der Waals surface area contributed by atoms with Gasteiger partial charge in [0.15, 0.2) is 0 Å². The van der Waals surface area contributed by atoms with E-state index in [4.69, 9.17) is 4.74 Å². The van der Waals surface area contributed by atoms with Crippen LogP contribution in [-0.2, 0) is 9.53 Å². The van der Waals surface area contributed by atoms with Crippen molar-refractivity contribution in [1.29, 1.82) is 0 Å². The Labute approximate surface area is 73.6 Å². The number of ether oxygens (including phenoxy) is 1. The molecule has 1 aliphatic carbocycles. The molecular formula is C10H16O2. The van der Waals surface area contributed by atoms with Crippen molar-refractivity contribution in [3.63, 3.8) is 0 Å². The van der Waals surface area contributed by atoms with Crippen LogP contribution in [-0.4, -0.2) is 13.1 Å². The molecule has 0 bridgehead atoms. The summed E-state index contributed by atoms with van der Waals surface area (Å²) in [4.78, 5) is 11.2. The molecule has 0 fully saturated rings. The van der Waals surface area contributed by atoms with Crippen molar-refractivity contribution in [3.8, 4) is 0 Å². The Morgan fingerprint density at radius 3 is 2.83 bits per heavy atom. The summed E-state index contributed by atoms with van der Waals surface area (Å²) in [5.74, 6) is 0.102. The predicted octanol–water partition coefficient (Wildman–Crippen LogP) is 2.30. The van der Waals surface area contributed by atoms with Crippen LogP contribution in [0.2, 0.25) is 0 Å². The van der Waals surface area contributed by atoms with Gasteiger partial charge in [-0.1, -0.05) is 12.2 Å². The third-order valence-corrected chi connectivity index (χ3v) is 2.31. The van der Waals surface area contributed by atoms with E-state index in [0.717, 1.165) is 32.1 Å². The van der Waals surface area contributed by atoms with Gasteiger partial charge in [-0.3, -0.25) is 4.79 Å². The zero-order valence-electron chi connectivity index (χ0n) is 7.58. The van der Waals surface area contributed by atoms with Crippen molar-refractivity contribution in [2.45, 2.75) is 32.1 Å². The van der Waals surface area contributed by atoms with E-state index in [9.17, 15) is 4.79 Å². The van der Waals surface area contributed by atoms with Gasteiger partial charge in [0.05, 0.1) is 13.0 Å². The smallest absolute Gasteiger partial charge is 0.308 e. The Hall–Kier alpha value is -0.790. The number of methoxy groups -OCH3 is 1. The molecule has 0 aromatic heterocycles. The molecule has 0 unspecified atom stereocenters. The minimum absolute atomic E-state index is 0.0368. The Bertz CT molecular complexity index is 173. The molecule has 0 radical (unpaired) electrons. The van der Waals surface area contributed by atoms with Crippen LogP contribution in [0.15, 0.2) is 12.2 Å². The lowest BCUT2D eigenvalue weighted by molar-refractivity contribution is -0.145. The van der Waals surface area contributed by atoms with E-state index in [1.165, 1.54) is 7.11 Å². The van der Waals surface area contributed by atoms with Crippen LogP contribution in [0.25, 0.3) is 0 Å². The molecule has 68 valence electrons. The summed E-state index contributed by atoms with van der Waals surface area (Å²) in [6.45, 7) is 0. The van der Waals surface area contributed by atoms with E-state index >= 15 is 0 Å². The van der Waals surface area contributed by atoms with E-state index in [2.05, 4.69) is 12.2 Å². The van der Waals surface area contributed by atoms with Crippen LogP contribution < -0.4 is 0 Å². The van der Waals surface area contributed by atoms with Gasteiger partial charge in [-0.05, 0) is 32.1 Å². The van der Waals surface area contributed by atoms with E-state index in [1.54, 1.807) is 0 Å². The van der Waals surface area contributed by atoms with Crippen LogP contribution in [0.4, 0.5) is 0 Å². The number of carbonyl (C=O) groups is 1. The highest BCUT2D eigenvalue weighted by Gasteiger charge is 2.17. The van der Waals surface area contributed by atoms with E-state index < -0.39 is 0 Å². The summed E-state index contributed by atoms with van der Waals surface area (Å²) < 4.78 is 4.72. The highest BCUT2D eigenvalue weighted by atomic mass is 16.5. The van der Waals surface area contributed by atoms with Crippen LogP contribution in [0.3, 0.4) is 0 Å². The molecule has 0 spiro atoms. The number of esters is 1. The predicted molar refractivity (Wildman–Crippen MR) is 47.7 cm³/mol. The Kier molecular flexibility index (Phi) is 3.85. The van der Waals surface area contributed by atoms with Crippen molar-refractivity contribution in [2.24, 2.45) is 5.92 Å². The van der Waals surface area contributed by atoms with Crippen LogP contribution in [0.5, 0.6) is 0 Å². The molecule has 1 atom stereocenters. The van der Waals surface area contributed by atoms with Gasteiger partial charge in [-0.2, -0.15) is 0 Å². The number of allylic oxidation sites excluding steroid dienone is 2. The third kappa shape index (κ3) is 2.68. The number of hydrogen-bond acceptors (Lipinski definition) is 2. The van der Waals surface area contributed by atoms with Crippen molar-refractivity contribution < 1.29 is 9.53 Å². The monoisotopic (exact) mass is 168 g/mol. The standard InChI is InChI=1S/C10H16O2/c1-12-10(11)9-7-5-3-2-4-6-8-9/h2-3,9H,4-8H2,1H3/b3-2+/t9-/m1/s1. The van der Waals surface area contributed by atoms with Crippen LogP contribution in [0, 0.1) is 5.92 Å². The Morgan fingerprint density at radius 1 is 1.33 bits per heavy atom. The van der Waals surface area contributed by atoms with Crippen molar-refractivity contribution >= 4 is 5.97 Å². The molecule has 0 saturated heterocycles. The molecule has 0 N–H and O–H groups in total. The first-order chi connectivity index (χ1) is 5.84. The number of hydrogen-bond donors (Lipinski definition) is 0. The molecule has 2 nitrogen and oxygen atoms in total.